The van der Waals surface area contributed by atoms with Gasteiger partial charge in [0.15, 0.2) is 6.29 Å². The lowest BCUT2D eigenvalue weighted by atomic mass is 9.83. The molecule has 1 aromatic heterocycles. The van der Waals surface area contributed by atoms with Gasteiger partial charge in [-0.3, -0.25) is 4.68 Å². The molecule has 0 fully saturated rings. The summed E-state index contributed by atoms with van der Waals surface area (Å²) in [5.41, 5.74) is 0.384. The maximum absolute atomic E-state index is 8.94. The van der Waals surface area contributed by atoms with E-state index in [0.717, 1.165) is 0 Å². The summed E-state index contributed by atoms with van der Waals surface area (Å²) in [4.78, 5) is 0. The summed E-state index contributed by atoms with van der Waals surface area (Å²) in [7, 11) is -1.47. The Bertz CT molecular complexity index is 313. The van der Waals surface area contributed by atoms with E-state index in [0.29, 0.717) is 31.6 Å². The number of hydrogen-bond donors (Lipinski definition) is 2. The van der Waals surface area contributed by atoms with E-state index in [9.17, 15) is 0 Å². The Kier molecular flexibility index (Phi) is 6.21. The van der Waals surface area contributed by atoms with E-state index in [4.69, 9.17) is 19.5 Å². The van der Waals surface area contributed by atoms with Gasteiger partial charge >= 0.3 is 7.12 Å². The van der Waals surface area contributed by atoms with Crippen molar-refractivity contribution in [2.75, 3.05) is 13.2 Å². The van der Waals surface area contributed by atoms with Crippen LogP contribution < -0.4 is 5.46 Å². The molecule has 0 unspecified atom stereocenters. The molecule has 0 aromatic carbocycles. The van der Waals surface area contributed by atoms with Gasteiger partial charge in [-0.2, -0.15) is 5.10 Å². The molecule has 17 heavy (non-hydrogen) atoms. The number of aryl methyl sites for hydroxylation is 1. The zero-order valence-electron chi connectivity index (χ0n) is 10.2. The molecule has 0 aliphatic heterocycles. The standard InChI is InChI=1S/C10H19BN2O4/c1-3-16-10(17-4-2)5-6-13-8-9(7-12-13)11(14)15/h7-8,10,14-15H,3-6H2,1-2H3. The molecule has 7 heteroatoms. The molecule has 1 heterocycles. The molecule has 0 aliphatic carbocycles. The number of ether oxygens (including phenoxy) is 2. The molecule has 0 spiro atoms. The van der Waals surface area contributed by atoms with Gasteiger partial charge in [-0.25, -0.2) is 0 Å². The average molecular weight is 242 g/mol. The molecule has 2 N–H and O–H groups in total. The van der Waals surface area contributed by atoms with Crippen molar-refractivity contribution in [3.8, 4) is 0 Å². The van der Waals surface area contributed by atoms with Crippen molar-refractivity contribution in [3.05, 3.63) is 12.4 Å². The minimum Gasteiger partial charge on any atom is -0.423 e. The summed E-state index contributed by atoms with van der Waals surface area (Å²) < 4.78 is 12.4. The third-order valence-corrected chi connectivity index (χ3v) is 2.25. The molecule has 0 radical (unpaired) electrons. The van der Waals surface area contributed by atoms with Crippen molar-refractivity contribution in [2.45, 2.75) is 33.1 Å². The number of nitrogens with zero attached hydrogens (tertiary/aromatic N) is 2. The van der Waals surface area contributed by atoms with Gasteiger partial charge < -0.3 is 19.5 Å². The Balaban J connectivity index is 2.41. The van der Waals surface area contributed by atoms with Gasteiger partial charge in [0, 0.05) is 44.0 Å². The van der Waals surface area contributed by atoms with Gasteiger partial charge in [-0.05, 0) is 13.8 Å². The van der Waals surface area contributed by atoms with Crippen molar-refractivity contribution in [2.24, 2.45) is 0 Å². The zero-order valence-corrected chi connectivity index (χ0v) is 10.2. The van der Waals surface area contributed by atoms with E-state index in [1.165, 1.54) is 6.20 Å². The predicted molar refractivity (Wildman–Crippen MR) is 63.7 cm³/mol. The highest BCUT2D eigenvalue weighted by Gasteiger charge is 2.14. The topological polar surface area (TPSA) is 76.7 Å². The van der Waals surface area contributed by atoms with Crippen LogP contribution in [0.5, 0.6) is 0 Å². The zero-order chi connectivity index (χ0) is 12.7. The van der Waals surface area contributed by atoms with Gasteiger partial charge in [0.25, 0.3) is 0 Å². The van der Waals surface area contributed by atoms with E-state index in [1.807, 2.05) is 13.8 Å². The Morgan fingerprint density at radius 3 is 2.47 bits per heavy atom. The van der Waals surface area contributed by atoms with Crippen LogP contribution >= 0.6 is 0 Å². The first-order valence-electron chi connectivity index (χ1n) is 5.79. The van der Waals surface area contributed by atoms with Crippen molar-refractivity contribution in [1.82, 2.24) is 9.78 Å². The normalized spacial score (nSPS) is 11.1. The molecule has 96 valence electrons. The van der Waals surface area contributed by atoms with E-state index in [1.54, 1.807) is 10.9 Å². The monoisotopic (exact) mass is 242 g/mol. The SMILES string of the molecule is CCOC(CCn1cc(B(O)O)cn1)OCC. The first kappa shape index (κ1) is 14.2. The first-order chi connectivity index (χ1) is 8.17. The van der Waals surface area contributed by atoms with Crippen LogP contribution in [0.15, 0.2) is 12.4 Å². The number of hydrogen-bond acceptors (Lipinski definition) is 5. The summed E-state index contributed by atoms with van der Waals surface area (Å²) in [5.74, 6) is 0. The maximum atomic E-state index is 8.94. The van der Waals surface area contributed by atoms with Gasteiger partial charge in [-0.1, -0.05) is 0 Å². The van der Waals surface area contributed by atoms with E-state index in [2.05, 4.69) is 5.10 Å². The van der Waals surface area contributed by atoms with Crippen molar-refractivity contribution >= 4 is 12.6 Å². The summed E-state index contributed by atoms with van der Waals surface area (Å²) in [5, 5.41) is 21.9. The second-order valence-corrected chi connectivity index (χ2v) is 3.54. The quantitative estimate of drug-likeness (QED) is 0.468. The largest absolute Gasteiger partial charge is 0.491 e. The Hall–Kier alpha value is -0.885. The second kappa shape index (κ2) is 7.44. The molecule has 0 saturated heterocycles. The molecule has 0 atom stereocenters. The first-order valence-corrected chi connectivity index (χ1v) is 5.79. The van der Waals surface area contributed by atoms with Crippen LogP contribution in [-0.4, -0.2) is 46.5 Å². The predicted octanol–water partition coefficient (Wildman–Crippen LogP) is -0.648. The number of rotatable bonds is 8. The molecular formula is C10H19BN2O4. The minimum absolute atomic E-state index is 0.239. The van der Waals surface area contributed by atoms with Gasteiger partial charge in [-0.15, -0.1) is 0 Å². The Morgan fingerprint density at radius 1 is 1.35 bits per heavy atom. The van der Waals surface area contributed by atoms with Gasteiger partial charge in [0.05, 0.1) is 0 Å². The molecule has 0 aliphatic rings. The van der Waals surface area contributed by atoms with E-state index >= 15 is 0 Å². The highest BCUT2D eigenvalue weighted by atomic mass is 16.7. The van der Waals surface area contributed by atoms with E-state index in [-0.39, 0.29) is 6.29 Å². The van der Waals surface area contributed by atoms with Gasteiger partial charge in [0.1, 0.15) is 0 Å². The molecule has 1 aromatic rings. The van der Waals surface area contributed by atoms with Crippen LogP contribution in [0.1, 0.15) is 20.3 Å². The molecule has 6 nitrogen and oxygen atoms in total. The highest BCUT2D eigenvalue weighted by Crippen LogP contribution is 2.02. The lowest BCUT2D eigenvalue weighted by Crippen LogP contribution is -2.28. The lowest BCUT2D eigenvalue weighted by molar-refractivity contribution is -0.141. The van der Waals surface area contributed by atoms with Crippen LogP contribution in [0.3, 0.4) is 0 Å². The summed E-state index contributed by atoms with van der Waals surface area (Å²) in [6.07, 6.45) is 3.46. The van der Waals surface area contributed by atoms with Crippen LogP contribution in [0, 0.1) is 0 Å². The summed E-state index contributed by atoms with van der Waals surface area (Å²) in [6, 6.07) is 0. The average Bonchev–Trinajstić information content (AvgIpc) is 2.75. The van der Waals surface area contributed by atoms with Gasteiger partial charge in [0.2, 0.25) is 0 Å². The van der Waals surface area contributed by atoms with Crippen molar-refractivity contribution in [1.29, 1.82) is 0 Å². The smallest absolute Gasteiger partial charge is 0.423 e. The lowest BCUT2D eigenvalue weighted by Gasteiger charge is -2.16. The van der Waals surface area contributed by atoms with Crippen LogP contribution in [0.4, 0.5) is 0 Å². The second-order valence-electron chi connectivity index (χ2n) is 3.54. The molecule has 0 bridgehead atoms. The summed E-state index contributed by atoms with van der Waals surface area (Å²) in [6.45, 7) is 5.65. The Morgan fingerprint density at radius 2 is 2.00 bits per heavy atom. The molecule has 0 saturated carbocycles. The van der Waals surface area contributed by atoms with E-state index < -0.39 is 7.12 Å². The fourth-order valence-corrected chi connectivity index (χ4v) is 1.46. The van der Waals surface area contributed by atoms with Crippen molar-refractivity contribution < 1.29 is 19.5 Å². The van der Waals surface area contributed by atoms with Crippen LogP contribution in [-0.2, 0) is 16.0 Å². The summed E-state index contributed by atoms with van der Waals surface area (Å²) >= 11 is 0. The van der Waals surface area contributed by atoms with Crippen molar-refractivity contribution in [3.63, 3.8) is 0 Å². The fourth-order valence-electron chi connectivity index (χ4n) is 1.46. The third-order valence-electron chi connectivity index (χ3n) is 2.25. The minimum atomic E-state index is -1.47. The van der Waals surface area contributed by atoms with Crippen LogP contribution in [0.2, 0.25) is 0 Å². The molecule has 0 amide bonds. The molecular weight excluding hydrogens is 223 g/mol. The fraction of sp³-hybridized carbons (Fsp3) is 0.700. The van der Waals surface area contributed by atoms with Crippen LogP contribution in [0.25, 0.3) is 0 Å². The molecule has 1 rings (SSSR count). The third kappa shape index (κ3) is 4.87. The highest BCUT2D eigenvalue weighted by molar-refractivity contribution is 6.58. The number of aromatic nitrogens is 2. The maximum Gasteiger partial charge on any atom is 0.491 e. The Labute approximate surface area is 101 Å².